The van der Waals surface area contributed by atoms with Gasteiger partial charge in [0.25, 0.3) is 0 Å². The highest BCUT2D eigenvalue weighted by Crippen LogP contribution is 2.25. The number of nitrogens with zero attached hydrogens (tertiary/aromatic N) is 2. The molecule has 0 radical (unpaired) electrons. The van der Waals surface area contributed by atoms with E-state index in [1.54, 1.807) is 11.3 Å². The molecule has 1 heterocycles. The van der Waals surface area contributed by atoms with Crippen molar-refractivity contribution in [1.82, 2.24) is 4.98 Å². The van der Waals surface area contributed by atoms with Crippen LogP contribution in [-0.4, -0.2) is 25.2 Å². The zero-order chi connectivity index (χ0) is 13.5. The third-order valence-corrected chi connectivity index (χ3v) is 4.28. The van der Waals surface area contributed by atoms with E-state index in [0.29, 0.717) is 6.61 Å². The third-order valence-electron chi connectivity index (χ3n) is 2.69. The van der Waals surface area contributed by atoms with Crippen LogP contribution in [-0.2, 0) is 11.3 Å². The molecule has 0 spiro atoms. The highest BCUT2D eigenvalue weighted by molar-refractivity contribution is 9.11. The summed E-state index contributed by atoms with van der Waals surface area (Å²) in [5, 5.41) is 1.04. The first-order valence-electron chi connectivity index (χ1n) is 6.20. The van der Waals surface area contributed by atoms with Crippen LogP contribution in [0.2, 0.25) is 0 Å². The predicted octanol–water partition coefficient (Wildman–Crippen LogP) is 3.95. The highest BCUT2D eigenvalue weighted by Gasteiger charge is 2.05. The van der Waals surface area contributed by atoms with Gasteiger partial charge in [0.05, 0.1) is 16.6 Å². The van der Waals surface area contributed by atoms with Crippen molar-refractivity contribution < 1.29 is 4.74 Å². The summed E-state index contributed by atoms with van der Waals surface area (Å²) < 4.78 is 6.72. The van der Waals surface area contributed by atoms with Crippen LogP contribution in [0.3, 0.4) is 0 Å². The van der Waals surface area contributed by atoms with E-state index < -0.39 is 0 Å². The molecule has 0 fully saturated rings. The second-order valence-corrected chi connectivity index (χ2v) is 6.65. The monoisotopic (exact) mass is 340 g/mol. The van der Waals surface area contributed by atoms with Crippen LogP contribution in [0.1, 0.15) is 12.0 Å². The molecule has 0 aliphatic rings. The van der Waals surface area contributed by atoms with E-state index in [1.165, 1.54) is 5.56 Å². The van der Waals surface area contributed by atoms with Crippen molar-refractivity contribution in [3.8, 4) is 0 Å². The quantitative estimate of drug-likeness (QED) is 0.713. The SMILES string of the molecule is CN(CCCOCc1ccccc1)c1ncc(Br)s1. The Bertz CT molecular complexity index is 489. The Labute approximate surface area is 126 Å². The maximum atomic E-state index is 5.66. The largest absolute Gasteiger partial charge is 0.377 e. The van der Waals surface area contributed by atoms with Gasteiger partial charge >= 0.3 is 0 Å². The fourth-order valence-corrected chi connectivity index (χ4v) is 2.86. The van der Waals surface area contributed by atoms with Gasteiger partial charge in [-0.2, -0.15) is 0 Å². The molecule has 0 atom stereocenters. The smallest absolute Gasteiger partial charge is 0.186 e. The number of hydrogen-bond acceptors (Lipinski definition) is 4. The fraction of sp³-hybridized carbons (Fsp3) is 0.357. The minimum Gasteiger partial charge on any atom is -0.377 e. The topological polar surface area (TPSA) is 25.4 Å². The molecular weight excluding hydrogens is 324 g/mol. The average Bonchev–Trinajstić information content (AvgIpc) is 2.86. The van der Waals surface area contributed by atoms with Gasteiger partial charge in [-0.1, -0.05) is 41.7 Å². The van der Waals surface area contributed by atoms with Crippen LogP contribution in [0.25, 0.3) is 0 Å². The van der Waals surface area contributed by atoms with Gasteiger partial charge in [-0.15, -0.1) is 0 Å². The minimum atomic E-state index is 0.688. The van der Waals surface area contributed by atoms with Gasteiger partial charge in [-0.3, -0.25) is 0 Å². The lowest BCUT2D eigenvalue weighted by Crippen LogP contribution is -2.19. The molecule has 0 saturated heterocycles. The van der Waals surface area contributed by atoms with Crippen molar-refractivity contribution in [2.75, 3.05) is 25.1 Å². The number of thiazole rings is 1. The van der Waals surface area contributed by atoms with E-state index in [4.69, 9.17) is 4.74 Å². The summed E-state index contributed by atoms with van der Waals surface area (Å²) in [7, 11) is 2.06. The molecule has 1 aromatic heterocycles. The molecular formula is C14H17BrN2OS. The molecule has 0 aliphatic heterocycles. The van der Waals surface area contributed by atoms with Gasteiger partial charge in [0.2, 0.25) is 0 Å². The second kappa shape index (κ2) is 7.62. The molecule has 1 aromatic carbocycles. The molecule has 0 bridgehead atoms. The Balaban J connectivity index is 1.62. The number of halogens is 1. The summed E-state index contributed by atoms with van der Waals surface area (Å²) in [5.74, 6) is 0. The molecule has 2 aromatic rings. The predicted molar refractivity (Wildman–Crippen MR) is 83.8 cm³/mol. The van der Waals surface area contributed by atoms with Crippen LogP contribution >= 0.6 is 27.3 Å². The molecule has 19 heavy (non-hydrogen) atoms. The summed E-state index contributed by atoms with van der Waals surface area (Å²) in [6, 6.07) is 10.3. The van der Waals surface area contributed by atoms with Crippen molar-refractivity contribution >= 4 is 32.4 Å². The molecule has 0 aliphatic carbocycles. The highest BCUT2D eigenvalue weighted by atomic mass is 79.9. The summed E-state index contributed by atoms with van der Waals surface area (Å²) in [5.41, 5.74) is 1.22. The van der Waals surface area contributed by atoms with Gasteiger partial charge in [0.15, 0.2) is 5.13 Å². The van der Waals surface area contributed by atoms with E-state index in [9.17, 15) is 0 Å². The number of ether oxygens (including phenoxy) is 1. The maximum absolute atomic E-state index is 5.66. The zero-order valence-corrected chi connectivity index (χ0v) is 13.3. The maximum Gasteiger partial charge on any atom is 0.186 e. The van der Waals surface area contributed by atoms with Gasteiger partial charge < -0.3 is 9.64 Å². The summed E-state index contributed by atoms with van der Waals surface area (Å²) in [4.78, 5) is 6.47. The lowest BCUT2D eigenvalue weighted by Gasteiger charge is -2.15. The Morgan fingerprint density at radius 2 is 2.11 bits per heavy atom. The van der Waals surface area contributed by atoms with Crippen molar-refractivity contribution in [1.29, 1.82) is 0 Å². The standard InChI is InChI=1S/C14H17BrN2OS/c1-17(14-16-10-13(15)19-14)8-5-9-18-11-12-6-3-2-4-7-12/h2-4,6-7,10H,5,8-9,11H2,1H3. The molecule has 3 nitrogen and oxygen atoms in total. The van der Waals surface area contributed by atoms with Gasteiger partial charge in [0, 0.05) is 20.2 Å². The van der Waals surface area contributed by atoms with E-state index in [-0.39, 0.29) is 0 Å². The van der Waals surface area contributed by atoms with E-state index in [2.05, 4.69) is 45.0 Å². The van der Waals surface area contributed by atoms with E-state index in [0.717, 1.165) is 28.5 Å². The molecule has 0 amide bonds. The first kappa shape index (κ1) is 14.5. The van der Waals surface area contributed by atoms with Crippen LogP contribution in [0, 0.1) is 0 Å². The van der Waals surface area contributed by atoms with Crippen molar-refractivity contribution in [3.63, 3.8) is 0 Å². The summed E-state index contributed by atoms with van der Waals surface area (Å²) >= 11 is 5.07. The van der Waals surface area contributed by atoms with Crippen LogP contribution in [0.4, 0.5) is 5.13 Å². The molecule has 0 N–H and O–H groups in total. The zero-order valence-electron chi connectivity index (χ0n) is 10.9. The summed E-state index contributed by atoms with van der Waals surface area (Å²) in [6.07, 6.45) is 2.84. The number of rotatable bonds is 7. The first-order valence-corrected chi connectivity index (χ1v) is 7.81. The molecule has 102 valence electrons. The lowest BCUT2D eigenvalue weighted by atomic mass is 10.2. The van der Waals surface area contributed by atoms with Gasteiger partial charge in [0.1, 0.15) is 0 Å². The Hall–Kier alpha value is -0.910. The molecule has 0 unspecified atom stereocenters. The van der Waals surface area contributed by atoms with Crippen molar-refractivity contribution in [2.24, 2.45) is 0 Å². The normalized spacial score (nSPS) is 10.6. The molecule has 0 saturated carbocycles. The molecule has 2 rings (SSSR count). The Kier molecular flexibility index (Phi) is 5.82. The number of aromatic nitrogens is 1. The van der Waals surface area contributed by atoms with Crippen LogP contribution in [0.15, 0.2) is 40.3 Å². The van der Waals surface area contributed by atoms with E-state index >= 15 is 0 Å². The summed E-state index contributed by atoms with van der Waals surface area (Å²) in [6.45, 7) is 2.41. The second-order valence-electron chi connectivity index (χ2n) is 4.26. The average molecular weight is 341 g/mol. The lowest BCUT2D eigenvalue weighted by molar-refractivity contribution is 0.120. The van der Waals surface area contributed by atoms with Crippen LogP contribution in [0.5, 0.6) is 0 Å². The first-order chi connectivity index (χ1) is 9.25. The Morgan fingerprint density at radius 3 is 2.79 bits per heavy atom. The number of hydrogen-bond donors (Lipinski definition) is 0. The van der Waals surface area contributed by atoms with Gasteiger partial charge in [-0.25, -0.2) is 4.98 Å². The van der Waals surface area contributed by atoms with Crippen LogP contribution < -0.4 is 4.90 Å². The van der Waals surface area contributed by atoms with Gasteiger partial charge in [-0.05, 0) is 27.9 Å². The number of anilines is 1. The minimum absolute atomic E-state index is 0.688. The fourth-order valence-electron chi connectivity index (χ4n) is 1.69. The number of benzene rings is 1. The Morgan fingerprint density at radius 1 is 1.32 bits per heavy atom. The molecule has 5 heteroatoms. The van der Waals surface area contributed by atoms with E-state index in [1.807, 2.05) is 24.4 Å². The van der Waals surface area contributed by atoms with Crippen molar-refractivity contribution in [3.05, 3.63) is 45.9 Å². The third kappa shape index (κ3) is 4.93. The van der Waals surface area contributed by atoms with Crippen molar-refractivity contribution in [2.45, 2.75) is 13.0 Å².